The zero-order valence-electron chi connectivity index (χ0n) is 14.1. The number of pyridine rings is 1. The minimum absolute atomic E-state index is 0.0460. The number of aryl methyl sites for hydroxylation is 1. The van der Waals surface area contributed by atoms with E-state index in [4.69, 9.17) is 9.47 Å². The molecule has 0 aliphatic rings. The molecule has 0 saturated carbocycles. The van der Waals surface area contributed by atoms with Crippen molar-refractivity contribution < 1.29 is 9.47 Å². The van der Waals surface area contributed by atoms with Crippen molar-refractivity contribution >= 4 is 28.0 Å². The number of hydrogen-bond acceptors (Lipinski definition) is 4. The van der Waals surface area contributed by atoms with E-state index in [0.717, 1.165) is 35.4 Å². The molecule has 1 atom stereocenters. The van der Waals surface area contributed by atoms with Gasteiger partial charge in [-0.1, -0.05) is 6.92 Å². The van der Waals surface area contributed by atoms with E-state index in [2.05, 4.69) is 39.8 Å². The lowest BCUT2D eigenvalue weighted by Crippen LogP contribution is -2.20. The fourth-order valence-electron chi connectivity index (χ4n) is 1.62. The van der Waals surface area contributed by atoms with Gasteiger partial charge in [-0.15, -0.1) is 0 Å². The quantitative estimate of drug-likeness (QED) is 0.374. The van der Waals surface area contributed by atoms with Gasteiger partial charge in [-0.2, -0.15) is 0 Å². The predicted molar refractivity (Wildman–Crippen MR) is 94.3 cm³/mol. The zero-order valence-corrected chi connectivity index (χ0v) is 15.7. The molecule has 1 aromatic rings. The third-order valence-corrected chi connectivity index (χ3v) is 3.58. The highest BCUT2D eigenvalue weighted by atomic mass is 79.9. The first-order valence-electron chi connectivity index (χ1n) is 7.63. The summed E-state index contributed by atoms with van der Waals surface area (Å²) in [6, 6.07) is 1.93. The molecular formula is C16H26BrN3O2. The van der Waals surface area contributed by atoms with Gasteiger partial charge in [-0.3, -0.25) is 0 Å². The molecule has 0 aliphatic heterocycles. The molecule has 0 bridgehead atoms. The van der Waals surface area contributed by atoms with E-state index in [1.165, 1.54) is 0 Å². The molecule has 1 heterocycles. The molecule has 1 aromatic heterocycles. The molecule has 5 nitrogen and oxygen atoms in total. The van der Waals surface area contributed by atoms with Gasteiger partial charge >= 0.3 is 0 Å². The van der Waals surface area contributed by atoms with Crippen LogP contribution >= 0.6 is 15.9 Å². The number of hydrogen-bond donors (Lipinski definition) is 0. The highest BCUT2D eigenvalue weighted by molar-refractivity contribution is 9.10. The van der Waals surface area contributed by atoms with Gasteiger partial charge in [-0.05, 0) is 49.2 Å². The lowest BCUT2D eigenvalue weighted by atomic mass is 10.3. The number of rotatable bonds is 9. The van der Waals surface area contributed by atoms with Gasteiger partial charge in [0.25, 0.3) is 0 Å². The molecule has 0 aliphatic carbocycles. The summed E-state index contributed by atoms with van der Waals surface area (Å²) in [5.41, 5.74) is 1.66. The van der Waals surface area contributed by atoms with Gasteiger partial charge in [0.1, 0.15) is 6.10 Å². The van der Waals surface area contributed by atoms with Gasteiger partial charge in [0.15, 0.2) is 0 Å². The third-order valence-electron chi connectivity index (χ3n) is 3.01. The Morgan fingerprint density at radius 1 is 1.45 bits per heavy atom. The van der Waals surface area contributed by atoms with E-state index in [9.17, 15) is 0 Å². The first kappa shape index (κ1) is 18.9. The molecule has 1 unspecified atom stereocenters. The Balaban J connectivity index is 2.74. The van der Waals surface area contributed by atoms with Gasteiger partial charge in [-0.25, -0.2) is 9.98 Å². The van der Waals surface area contributed by atoms with Crippen molar-refractivity contribution in [2.24, 2.45) is 4.99 Å². The van der Waals surface area contributed by atoms with Crippen LogP contribution in [0.15, 0.2) is 15.5 Å². The highest BCUT2D eigenvalue weighted by Gasteiger charge is 2.12. The molecule has 0 spiro atoms. The second kappa shape index (κ2) is 9.79. The Morgan fingerprint density at radius 2 is 2.18 bits per heavy atom. The fraction of sp³-hybridized carbons (Fsp3) is 0.625. The molecule has 0 amide bonds. The third kappa shape index (κ3) is 6.32. The average molecular weight is 372 g/mol. The smallest absolute Gasteiger partial charge is 0.228 e. The number of ether oxygens (including phenoxy) is 2. The van der Waals surface area contributed by atoms with E-state index in [0.29, 0.717) is 12.5 Å². The van der Waals surface area contributed by atoms with Crippen molar-refractivity contribution in [3.63, 3.8) is 0 Å². The maximum atomic E-state index is 5.83. The summed E-state index contributed by atoms with van der Waals surface area (Å²) in [4.78, 5) is 10.9. The van der Waals surface area contributed by atoms with Gasteiger partial charge in [0.2, 0.25) is 5.88 Å². The van der Waals surface area contributed by atoms with Crippen LogP contribution in [0, 0.1) is 6.92 Å². The van der Waals surface area contributed by atoms with Gasteiger partial charge < -0.3 is 14.4 Å². The van der Waals surface area contributed by atoms with E-state index in [1.807, 2.05) is 31.9 Å². The van der Waals surface area contributed by atoms with Crippen LogP contribution in [0.2, 0.25) is 0 Å². The summed E-state index contributed by atoms with van der Waals surface area (Å²) in [6.45, 7) is 10.3. The lowest BCUT2D eigenvalue weighted by molar-refractivity contribution is 0.0563. The minimum atomic E-state index is -0.0460. The Morgan fingerprint density at radius 3 is 2.82 bits per heavy atom. The topological polar surface area (TPSA) is 47.0 Å². The molecule has 0 radical (unpaired) electrons. The predicted octanol–water partition coefficient (Wildman–Crippen LogP) is 3.96. The molecule has 0 aromatic carbocycles. The summed E-state index contributed by atoms with van der Waals surface area (Å²) in [5, 5.41) is 0. The van der Waals surface area contributed by atoms with Crippen LogP contribution in [0.5, 0.6) is 5.88 Å². The van der Waals surface area contributed by atoms with Crippen molar-refractivity contribution in [3.05, 3.63) is 16.2 Å². The molecule has 1 rings (SSSR count). The molecule has 0 fully saturated rings. The Bertz CT molecular complexity index is 495. The SMILES string of the molecule is CCCOCC(C)Oc1nc(C)c(/N=C\N(C)CC)cc1Br. The summed E-state index contributed by atoms with van der Waals surface area (Å²) in [7, 11) is 1.98. The van der Waals surface area contributed by atoms with Crippen molar-refractivity contribution in [3.8, 4) is 5.88 Å². The van der Waals surface area contributed by atoms with Gasteiger partial charge in [0.05, 0.1) is 28.8 Å². The van der Waals surface area contributed by atoms with Gasteiger partial charge in [0, 0.05) is 20.2 Å². The van der Waals surface area contributed by atoms with Crippen LogP contribution < -0.4 is 4.74 Å². The van der Waals surface area contributed by atoms with Crippen LogP contribution in [0.25, 0.3) is 0 Å². The molecule has 0 saturated heterocycles. The summed E-state index contributed by atoms with van der Waals surface area (Å²) < 4.78 is 12.1. The van der Waals surface area contributed by atoms with Crippen molar-refractivity contribution in [1.29, 1.82) is 0 Å². The van der Waals surface area contributed by atoms with Crippen LogP contribution in [0.1, 0.15) is 32.9 Å². The van der Waals surface area contributed by atoms with E-state index in [-0.39, 0.29) is 6.10 Å². The molecule has 6 heteroatoms. The number of aromatic nitrogens is 1. The minimum Gasteiger partial charge on any atom is -0.471 e. The first-order valence-corrected chi connectivity index (χ1v) is 8.43. The number of aliphatic imine (C=N–C) groups is 1. The average Bonchev–Trinajstić information content (AvgIpc) is 2.49. The van der Waals surface area contributed by atoms with Crippen molar-refractivity contribution in [1.82, 2.24) is 9.88 Å². The Kier molecular flexibility index (Phi) is 8.42. The van der Waals surface area contributed by atoms with Crippen LogP contribution in [0.3, 0.4) is 0 Å². The van der Waals surface area contributed by atoms with E-state index >= 15 is 0 Å². The fourth-order valence-corrected chi connectivity index (χ4v) is 2.02. The highest BCUT2D eigenvalue weighted by Crippen LogP contribution is 2.30. The summed E-state index contributed by atoms with van der Waals surface area (Å²) in [6.07, 6.45) is 2.76. The second-order valence-corrected chi connectivity index (χ2v) is 6.06. The summed E-state index contributed by atoms with van der Waals surface area (Å²) in [5.74, 6) is 0.577. The van der Waals surface area contributed by atoms with Crippen LogP contribution in [-0.4, -0.2) is 49.1 Å². The number of nitrogens with zero attached hydrogens (tertiary/aromatic N) is 3. The maximum Gasteiger partial charge on any atom is 0.228 e. The molecule has 0 N–H and O–H groups in total. The van der Waals surface area contributed by atoms with Crippen molar-refractivity contribution in [2.45, 2.75) is 40.2 Å². The zero-order chi connectivity index (χ0) is 16.5. The maximum absolute atomic E-state index is 5.83. The number of halogens is 1. The Hall–Kier alpha value is -1.14. The Labute approximate surface area is 141 Å². The van der Waals surface area contributed by atoms with Crippen LogP contribution in [0.4, 0.5) is 5.69 Å². The molecule has 124 valence electrons. The molecular weight excluding hydrogens is 346 g/mol. The van der Waals surface area contributed by atoms with E-state index < -0.39 is 0 Å². The lowest BCUT2D eigenvalue weighted by Gasteiger charge is -2.16. The largest absolute Gasteiger partial charge is 0.471 e. The standard InChI is InChI=1S/C16H26BrN3O2/c1-6-8-21-10-12(3)22-16-14(17)9-15(13(4)19-16)18-11-20(5)7-2/h9,11-12H,6-8,10H2,1-5H3/b18-11-. The van der Waals surface area contributed by atoms with E-state index in [1.54, 1.807) is 6.34 Å². The monoisotopic (exact) mass is 371 g/mol. The first-order chi connectivity index (χ1) is 10.5. The summed E-state index contributed by atoms with van der Waals surface area (Å²) >= 11 is 3.50. The second-order valence-electron chi connectivity index (χ2n) is 5.20. The normalized spacial score (nSPS) is 12.6. The molecule has 22 heavy (non-hydrogen) atoms. The van der Waals surface area contributed by atoms with Crippen molar-refractivity contribution in [2.75, 3.05) is 26.8 Å². The van der Waals surface area contributed by atoms with Crippen LogP contribution in [-0.2, 0) is 4.74 Å².